The second-order valence-corrected chi connectivity index (χ2v) is 10.3. The molecular formula is C28H42N4O8. The summed E-state index contributed by atoms with van der Waals surface area (Å²) < 4.78 is 10.5. The van der Waals surface area contributed by atoms with Crippen LogP contribution in [0.25, 0.3) is 0 Å². The fourth-order valence-corrected chi connectivity index (χ4v) is 3.32. The Hall–Kier alpha value is -3.80. The molecule has 0 saturated heterocycles. The molecule has 0 spiro atoms. The molecule has 1 atom stereocenters. The number of Topliss-reactive ketones (excluding diaryl/α,β-unsaturated/α-hetero) is 1. The first-order chi connectivity index (χ1) is 18.7. The summed E-state index contributed by atoms with van der Waals surface area (Å²) in [6.07, 6.45) is 0.293. The Bertz CT molecular complexity index is 1070. The average molecular weight is 563 g/mol. The van der Waals surface area contributed by atoms with Gasteiger partial charge in [-0.15, -0.1) is 0 Å². The summed E-state index contributed by atoms with van der Waals surface area (Å²) >= 11 is 0. The second-order valence-electron chi connectivity index (χ2n) is 10.3. The molecule has 5 N–H and O–H groups in total. The minimum Gasteiger partial charge on any atom is -0.461 e. The van der Waals surface area contributed by atoms with Crippen LogP contribution in [0.4, 0.5) is 5.69 Å². The lowest BCUT2D eigenvalue weighted by molar-refractivity contribution is -0.148. The normalized spacial score (nSPS) is 11.7. The number of carbonyl (C=O) groups excluding carboxylic acids is 6. The van der Waals surface area contributed by atoms with E-state index in [0.717, 1.165) is 0 Å². The molecule has 12 heteroatoms. The van der Waals surface area contributed by atoms with Crippen LogP contribution in [0, 0.1) is 17.8 Å². The van der Waals surface area contributed by atoms with Gasteiger partial charge in [0, 0.05) is 35.6 Å². The van der Waals surface area contributed by atoms with Gasteiger partial charge in [0.05, 0.1) is 25.7 Å². The highest BCUT2D eigenvalue weighted by atomic mass is 16.5. The van der Waals surface area contributed by atoms with E-state index in [2.05, 4.69) is 16.0 Å². The third-order valence-electron chi connectivity index (χ3n) is 5.80. The topological polar surface area (TPSA) is 183 Å². The number of esters is 1. The van der Waals surface area contributed by atoms with Crippen LogP contribution in [0.5, 0.6) is 0 Å². The van der Waals surface area contributed by atoms with Crippen molar-refractivity contribution in [1.82, 2.24) is 10.6 Å². The maximum absolute atomic E-state index is 12.7. The van der Waals surface area contributed by atoms with Crippen molar-refractivity contribution in [2.24, 2.45) is 23.5 Å². The number of hydrogen-bond acceptors (Lipinski definition) is 8. The smallest absolute Gasteiger partial charge is 0.308 e. The highest BCUT2D eigenvalue weighted by molar-refractivity contribution is 5.99. The first kappa shape index (κ1) is 34.2. The van der Waals surface area contributed by atoms with E-state index < -0.39 is 35.6 Å². The van der Waals surface area contributed by atoms with Crippen LogP contribution in [0.15, 0.2) is 18.2 Å². The van der Waals surface area contributed by atoms with E-state index in [1.54, 1.807) is 27.7 Å². The van der Waals surface area contributed by atoms with Crippen LogP contribution in [0.2, 0.25) is 0 Å². The third kappa shape index (κ3) is 12.4. The van der Waals surface area contributed by atoms with Crippen molar-refractivity contribution >= 4 is 41.1 Å². The van der Waals surface area contributed by atoms with Gasteiger partial charge in [0.1, 0.15) is 18.4 Å². The molecule has 1 aromatic rings. The Morgan fingerprint density at radius 2 is 1.52 bits per heavy atom. The highest BCUT2D eigenvalue weighted by Crippen LogP contribution is 2.17. The van der Waals surface area contributed by atoms with Gasteiger partial charge >= 0.3 is 5.97 Å². The van der Waals surface area contributed by atoms with Gasteiger partial charge in [-0.1, -0.05) is 47.6 Å². The van der Waals surface area contributed by atoms with Crippen molar-refractivity contribution in [3.8, 4) is 0 Å². The summed E-state index contributed by atoms with van der Waals surface area (Å²) in [5, 5.41) is 7.71. The van der Waals surface area contributed by atoms with E-state index in [9.17, 15) is 28.8 Å². The van der Waals surface area contributed by atoms with Crippen LogP contribution in [-0.2, 0) is 40.1 Å². The number of carbonyl (C=O) groups is 6. The molecule has 0 fully saturated rings. The molecule has 0 aromatic heterocycles. The van der Waals surface area contributed by atoms with E-state index in [1.807, 2.05) is 13.8 Å². The zero-order valence-electron chi connectivity index (χ0n) is 24.1. The maximum Gasteiger partial charge on any atom is 0.308 e. The van der Waals surface area contributed by atoms with E-state index in [0.29, 0.717) is 5.56 Å². The molecule has 40 heavy (non-hydrogen) atoms. The van der Waals surface area contributed by atoms with Gasteiger partial charge in [0.25, 0.3) is 0 Å². The van der Waals surface area contributed by atoms with Gasteiger partial charge in [-0.2, -0.15) is 0 Å². The molecule has 4 amide bonds. The molecule has 1 unspecified atom stereocenters. The molecule has 0 aliphatic carbocycles. The van der Waals surface area contributed by atoms with Crippen molar-refractivity contribution < 1.29 is 38.2 Å². The van der Waals surface area contributed by atoms with Gasteiger partial charge < -0.3 is 31.2 Å². The Morgan fingerprint density at radius 3 is 2.10 bits per heavy atom. The Labute approximate surface area is 235 Å². The van der Waals surface area contributed by atoms with Crippen LogP contribution in [-0.4, -0.2) is 61.2 Å². The maximum atomic E-state index is 12.7. The Kier molecular flexibility index (Phi) is 14.6. The van der Waals surface area contributed by atoms with Crippen LogP contribution >= 0.6 is 0 Å². The zero-order chi connectivity index (χ0) is 30.4. The number of anilines is 1. The minimum atomic E-state index is -0.878. The molecule has 222 valence electrons. The number of primary amides is 1. The first-order valence-corrected chi connectivity index (χ1v) is 13.3. The van der Waals surface area contributed by atoms with E-state index in [1.165, 1.54) is 18.2 Å². The number of ether oxygens (including phenoxy) is 2. The number of benzene rings is 1. The third-order valence-corrected chi connectivity index (χ3v) is 5.80. The number of hydrogen-bond donors (Lipinski definition) is 4. The summed E-state index contributed by atoms with van der Waals surface area (Å²) in [5.41, 5.74) is 6.17. The van der Waals surface area contributed by atoms with Gasteiger partial charge in [-0.3, -0.25) is 28.8 Å². The van der Waals surface area contributed by atoms with Gasteiger partial charge in [-0.05, 0) is 18.1 Å². The predicted molar refractivity (Wildman–Crippen MR) is 148 cm³/mol. The lowest BCUT2D eigenvalue weighted by atomic mass is 10.0. The molecule has 0 aliphatic heterocycles. The fourth-order valence-electron chi connectivity index (χ4n) is 3.32. The van der Waals surface area contributed by atoms with Crippen molar-refractivity contribution in [1.29, 1.82) is 0 Å². The number of nitrogens with one attached hydrogen (secondary N) is 3. The fraction of sp³-hybridized carbons (Fsp3) is 0.571. The SMILES string of the molecule is CC(C)C(=O)CCOCCC(=O)NC(C(=O)NCC(=O)Nc1ccc(COC(=O)C(C)C)c(C(N)=O)c1)C(C)C. The zero-order valence-corrected chi connectivity index (χ0v) is 24.1. The van der Waals surface area contributed by atoms with Crippen molar-refractivity contribution in [2.45, 2.75) is 67.0 Å². The summed E-state index contributed by atoms with van der Waals surface area (Å²) in [4.78, 5) is 72.6. The molecule has 1 aromatic carbocycles. The lowest BCUT2D eigenvalue weighted by Gasteiger charge is -2.21. The molecule has 12 nitrogen and oxygen atoms in total. The number of amides is 4. The molecule has 0 bridgehead atoms. The van der Waals surface area contributed by atoms with Gasteiger partial charge in [-0.25, -0.2) is 0 Å². The molecule has 0 radical (unpaired) electrons. The number of rotatable bonds is 17. The second kappa shape index (κ2) is 17.0. The van der Waals surface area contributed by atoms with Gasteiger partial charge in [0.2, 0.25) is 23.6 Å². The highest BCUT2D eigenvalue weighted by Gasteiger charge is 2.24. The van der Waals surface area contributed by atoms with Crippen LogP contribution < -0.4 is 21.7 Å². The largest absolute Gasteiger partial charge is 0.461 e. The summed E-state index contributed by atoms with van der Waals surface area (Å²) in [5.74, 6) is -3.27. The average Bonchev–Trinajstić information content (AvgIpc) is 2.88. The van der Waals surface area contributed by atoms with E-state index in [4.69, 9.17) is 15.2 Å². The molecule has 0 saturated carbocycles. The molecular weight excluding hydrogens is 520 g/mol. The molecule has 0 aliphatic rings. The lowest BCUT2D eigenvalue weighted by Crippen LogP contribution is -2.51. The van der Waals surface area contributed by atoms with E-state index in [-0.39, 0.29) is 74.0 Å². The summed E-state index contributed by atoms with van der Waals surface area (Å²) in [7, 11) is 0. The van der Waals surface area contributed by atoms with Crippen LogP contribution in [0.3, 0.4) is 0 Å². The summed E-state index contributed by atoms with van der Waals surface area (Å²) in [6, 6.07) is 3.51. The molecule has 1 rings (SSSR count). The number of ketones is 1. The van der Waals surface area contributed by atoms with Crippen molar-refractivity contribution in [2.75, 3.05) is 25.1 Å². The summed E-state index contributed by atoms with van der Waals surface area (Å²) in [6.45, 7) is 10.3. The first-order valence-electron chi connectivity index (χ1n) is 13.3. The standard InChI is InChI=1S/C28H42N4O8/c1-16(2)22(33)9-11-39-12-10-23(34)32-25(17(3)4)27(37)30-14-24(35)31-20-8-7-19(21(13-20)26(29)36)15-40-28(38)18(5)6/h7-8,13,16-18,25H,9-12,14-15H2,1-6H3,(H2,29,36)(H,30,37)(H,31,35)(H,32,34). The van der Waals surface area contributed by atoms with Crippen molar-refractivity contribution in [3.05, 3.63) is 29.3 Å². The number of nitrogens with two attached hydrogens (primary N) is 1. The van der Waals surface area contributed by atoms with Gasteiger partial charge in [0.15, 0.2) is 0 Å². The molecule has 0 heterocycles. The monoisotopic (exact) mass is 562 g/mol. The van der Waals surface area contributed by atoms with Crippen molar-refractivity contribution in [3.63, 3.8) is 0 Å². The Morgan fingerprint density at radius 1 is 0.875 bits per heavy atom. The van der Waals surface area contributed by atoms with E-state index >= 15 is 0 Å². The van der Waals surface area contributed by atoms with Crippen LogP contribution in [0.1, 0.15) is 70.3 Å². The Balaban J connectivity index is 2.61. The quantitative estimate of drug-likeness (QED) is 0.163. The predicted octanol–water partition coefficient (Wildman–Crippen LogP) is 1.70. The minimum absolute atomic E-state index is 0.0156.